The van der Waals surface area contributed by atoms with Crippen molar-refractivity contribution in [1.82, 2.24) is 0 Å². The second kappa shape index (κ2) is 4.86. The minimum Gasteiger partial charge on any atom is -0.480 e. The molecule has 0 unspecified atom stereocenters. The number of halogens is 1. The molecule has 0 atom stereocenters. The Bertz CT molecular complexity index is 473. The average Bonchev–Trinajstić information content (AvgIpc) is 2.20. The SMILES string of the molecule is CC(C)(Nc1ccc([N+](=O)[O-])cc1I)C(=O)O. The lowest BCUT2D eigenvalue weighted by molar-refractivity contribution is -0.384. The zero-order valence-corrected chi connectivity index (χ0v) is 11.4. The third-order valence-corrected chi connectivity index (χ3v) is 3.04. The van der Waals surface area contributed by atoms with E-state index in [1.54, 1.807) is 0 Å². The van der Waals surface area contributed by atoms with E-state index in [2.05, 4.69) is 5.32 Å². The predicted molar refractivity (Wildman–Crippen MR) is 71.2 cm³/mol. The quantitative estimate of drug-likeness (QED) is 0.494. The summed E-state index contributed by atoms with van der Waals surface area (Å²) in [4.78, 5) is 21.0. The fourth-order valence-corrected chi connectivity index (χ4v) is 1.74. The molecule has 0 heterocycles. The van der Waals surface area contributed by atoms with Gasteiger partial charge in [0.05, 0.1) is 4.92 Å². The molecule has 0 aliphatic heterocycles. The van der Waals surface area contributed by atoms with Gasteiger partial charge in [0, 0.05) is 21.4 Å². The molecule has 17 heavy (non-hydrogen) atoms. The Morgan fingerprint density at radius 2 is 2.12 bits per heavy atom. The Morgan fingerprint density at radius 1 is 1.53 bits per heavy atom. The molecule has 7 heteroatoms. The van der Waals surface area contributed by atoms with E-state index in [0.717, 1.165) is 0 Å². The van der Waals surface area contributed by atoms with Gasteiger partial charge in [-0.25, -0.2) is 4.79 Å². The standard InChI is InChI=1S/C10H11IN2O4/c1-10(2,9(14)15)12-8-4-3-6(13(16)17)5-7(8)11/h3-5,12H,1-2H3,(H,14,15). The van der Waals surface area contributed by atoms with Gasteiger partial charge < -0.3 is 10.4 Å². The van der Waals surface area contributed by atoms with Crippen LogP contribution in [0, 0.1) is 13.7 Å². The summed E-state index contributed by atoms with van der Waals surface area (Å²) in [6.45, 7) is 3.04. The molecule has 92 valence electrons. The number of carboxylic acids is 1. The molecule has 0 aliphatic rings. The second-order valence-electron chi connectivity index (χ2n) is 3.98. The van der Waals surface area contributed by atoms with Crippen LogP contribution in [0.25, 0.3) is 0 Å². The number of hydrogen-bond donors (Lipinski definition) is 2. The van der Waals surface area contributed by atoms with Gasteiger partial charge in [0.2, 0.25) is 0 Å². The van der Waals surface area contributed by atoms with Gasteiger partial charge in [-0.15, -0.1) is 0 Å². The molecule has 6 nitrogen and oxygen atoms in total. The van der Waals surface area contributed by atoms with Crippen molar-refractivity contribution in [3.8, 4) is 0 Å². The van der Waals surface area contributed by atoms with Gasteiger partial charge in [0.15, 0.2) is 0 Å². The molecule has 0 saturated carbocycles. The fraction of sp³-hybridized carbons (Fsp3) is 0.300. The monoisotopic (exact) mass is 350 g/mol. The van der Waals surface area contributed by atoms with Crippen LogP contribution in [0.15, 0.2) is 18.2 Å². The third-order valence-electron chi connectivity index (χ3n) is 2.15. The smallest absolute Gasteiger partial charge is 0.328 e. The van der Waals surface area contributed by atoms with E-state index >= 15 is 0 Å². The second-order valence-corrected chi connectivity index (χ2v) is 5.14. The van der Waals surface area contributed by atoms with Crippen molar-refractivity contribution in [2.75, 3.05) is 5.32 Å². The number of nitro groups is 1. The molecular weight excluding hydrogens is 339 g/mol. The van der Waals surface area contributed by atoms with Gasteiger partial charge in [-0.2, -0.15) is 0 Å². The van der Waals surface area contributed by atoms with Crippen LogP contribution in [0.2, 0.25) is 0 Å². The number of nitrogens with one attached hydrogen (secondary N) is 1. The fourth-order valence-electron chi connectivity index (χ4n) is 1.11. The molecule has 0 fully saturated rings. The van der Waals surface area contributed by atoms with E-state index in [-0.39, 0.29) is 5.69 Å². The van der Waals surface area contributed by atoms with Crippen LogP contribution < -0.4 is 5.32 Å². The molecule has 0 aliphatic carbocycles. The van der Waals surface area contributed by atoms with Gasteiger partial charge in [-0.05, 0) is 42.5 Å². The van der Waals surface area contributed by atoms with E-state index in [9.17, 15) is 14.9 Å². The van der Waals surface area contributed by atoms with Crippen molar-refractivity contribution in [2.24, 2.45) is 0 Å². The van der Waals surface area contributed by atoms with Crippen LogP contribution in [0.3, 0.4) is 0 Å². The normalized spacial score (nSPS) is 11.0. The Labute approximate surface area is 111 Å². The van der Waals surface area contributed by atoms with Crippen LogP contribution in [-0.2, 0) is 4.79 Å². The Kier molecular flexibility index (Phi) is 3.91. The van der Waals surface area contributed by atoms with Crippen LogP contribution in [0.4, 0.5) is 11.4 Å². The summed E-state index contributed by atoms with van der Waals surface area (Å²) in [6, 6.07) is 4.23. The van der Waals surface area contributed by atoms with Crippen molar-refractivity contribution >= 4 is 39.9 Å². The Balaban J connectivity index is 3.02. The Hall–Kier alpha value is -1.38. The number of non-ortho nitro benzene ring substituents is 1. The van der Waals surface area contributed by atoms with Gasteiger partial charge >= 0.3 is 5.97 Å². The summed E-state index contributed by atoms with van der Waals surface area (Å²) in [5, 5.41) is 22.3. The number of hydrogen-bond acceptors (Lipinski definition) is 4. The highest BCUT2D eigenvalue weighted by molar-refractivity contribution is 14.1. The molecule has 1 aromatic carbocycles. The van der Waals surface area contributed by atoms with E-state index in [0.29, 0.717) is 9.26 Å². The molecule has 1 aromatic rings. The number of carboxylic acid groups (broad SMARTS) is 1. The third kappa shape index (κ3) is 3.29. The maximum Gasteiger partial charge on any atom is 0.328 e. The zero-order chi connectivity index (χ0) is 13.2. The molecule has 0 bridgehead atoms. The van der Waals surface area contributed by atoms with Crippen LogP contribution in [0.5, 0.6) is 0 Å². The van der Waals surface area contributed by atoms with E-state index in [1.165, 1.54) is 32.0 Å². The summed E-state index contributed by atoms with van der Waals surface area (Å²) in [6.07, 6.45) is 0. The molecular formula is C10H11IN2O4. The van der Waals surface area contributed by atoms with Crippen molar-refractivity contribution in [1.29, 1.82) is 0 Å². The number of nitrogens with zero attached hydrogens (tertiary/aromatic N) is 1. The summed E-state index contributed by atoms with van der Waals surface area (Å²) in [5.74, 6) is -0.994. The minimum atomic E-state index is -1.13. The lowest BCUT2D eigenvalue weighted by Gasteiger charge is -2.23. The highest BCUT2D eigenvalue weighted by Gasteiger charge is 2.27. The summed E-state index contributed by atoms with van der Waals surface area (Å²) in [5.41, 5.74) is -0.590. The summed E-state index contributed by atoms with van der Waals surface area (Å²) >= 11 is 1.92. The highest BCUT2D eigenvalue weighted by Crippen LogP contribution is 2.26. The first-order valence-electron chi connectivity index (χ1n) is 4.69. The number of rotatable bonds is 4. The first-order valence-corrected chi connectivity index (χ1v) is 5.77. The lowest BCUT2D eigenvalue weighted by Crippen LogP contribution is -2.40. The van der Waals surface area contributed by atoms with Crippen molar-refractivity contribution in [2.45, 2.75) is 19.4 Å². The first-order chi connectivity index (χ1) is 7.74. The van der Waals surface area contributed by atoms with E-state index in [4.69, 9.17) is 5.11 Å². The molecule has 0 saturated heterocycles. The number of carbonyl (C=O) groups is 1. The average molecular weight is 350 g/mol. The minimum absolute atomic E-state index is 0.0203. The summed E-state index contributed by atoms with van der Waals surface area (Å²) in [7, 11) is 0. The molecule has 0 spiro atoms. The first kappa shape index (κ1) is 13.7. The zero-order valence-electron chi connectivity index (χ0n) is 9.23. The van der Waals surface area contributed by atoms with Crippen LogP contribution >= 0.6 is 22.6 Å². The highest BCUT2D eigenvalue weighted by atomic mass is 127. The number of benzene rings is 1. The van der Waals surface area contributed by atoms with Gasteiger partial charge in [-0.3, -0.25) is 10.1 Å². The number of anilines is 1. The maximum absolute atomic E-state index is 10.9. The van der Waals surface area contributed by atoms with Crippen molar-refractivity contribution < 1.29 is 14.8 Å². The molecule has 0 amide bonds. The molecule has 1 rings (SSSR count). The lowest BCUT2D eigenvalue weighted by atomic mass is 10.1. The van der Waals surface area contributed by atoms with Gasteiger partial charge in [0.1, 0.15) is 5.54 Å². The maximum atomic E-state index is 10.9. The van der Waals surface area contributed by atoms with Crippen LogP contribution in [-0.4, -0.2) is 21.5 Å². The number of aliphatic carboxylic acids is 1. The van der Waals surface area contributed by atoms with Crippen molar-refractivity contribution in [3.05, 3.63) is 31.9 Å². The van der Waals surface area contributed by atoms with Crippen molar-refractivity contribution in [3.63, 3.8) is 0 Å². The van der Waals surface area contributed by atoms with Gasteiger partial charge in [0.25, 0.3) is 5.69 Å². The van der Waals surface area contributed by atoms with Gasteiger partial charge in [-0.1, -0.05) is 0 Å². The van der Waals surface area contributed by atoms with Crippen LogP contribution in [0.1, 0.15) is 13.8 Å². The molecule has 0 aromatic heterocycles. The summed E-state index contributed by atoms with van der Waals surface area (Å²) < 4.78 is 0.603. The molecule has 0 radical (unpaired) electrons. The van der Waals surface area contributed by atoms with E-state index < -0.39 is 16.4 Å². The topological polar surface area (TPSA) is 92.5 Å². The Morgan fingerprint density at radius 3 is 2.53 bits per heavy atom. The largest absolute Gasteiger partial charge is 0.480 e. The molecule has 2 N–H and O–H groups in total. The predicted octanol–water partition coefficient (Wildman–Crippen LogP) is 2.47. The number of nitro benzene ring substituents is 1. The van der Waals surface area contributed by atoms with E-state index in [1.807, 2.05) is 22.6 Å².